The van der Waals surface area contributed by atoms with Gasteiger partial charge in [0.2, 0.25) is 5.91 Å². The van der Waals surface area contributed by atoms with Crippen LogP contribution in [0.1, 0.15) is 31.2 Å². The molecule has 2 aromatic carbocycles. The molecule has 0 fully saturated rings. The number of hydrogen-bond acceptors (Lipinski definition) is 6. The largest absolute Gasteiger partial charge is 0.494 e. The predicted octanol–water partition coefficient (Wildman–Crippen LogP) is 3.47. The fraction of sp³-hybridized carbons (Fsp3) is 0.375. The van der Waals surface area contributed by atoms with E-state index in [1.54, 1.807) is 23.1 Å². The number of ether oxygens (including phenoxy) is 3. The molecular formula is C24H28N2O6. The van der Waals surface area contributed by atoms with Crippen LogP contribution in [0.25, 0.3) is 0 Å². The highest BCUT2D eigenvalue weighted by molar-refractivity contribution is 5.99. The van der Waals surface area contributed by atoms with Crippen molar-refractivity contribution in [3.05, 3.63) is 48.0 Å². The number of amides is 2. The van der Waals surface area contributed by atoms with Crippen LogP contribution in [0.4, 0.5) is 11.4 Å². The molecule has 0 saturated carbocycles. The summed E-state index contributed by atoms with van der Waals surface area (Å²) in [6, 6.07) is 13.0. The molecule has 0 saturated heterocycles. The van der Waals surface area contributed by atoms with Crippen molar-refractivity contribution in [2.75, 3.05) is 37.1 Å². The Kier molecular flexibility index (Phi) is 8.08. The molecule has 0 atom stereocenters. The molecule has 8 nitrogen and oxygen atoms in total. The first-order valence-electron chi connectivity index (χ1n) is 10.6. The maximum absolute atomic E-state index is 12.4. The van der Waals surface area contributed by atoms with Crippen molar-refractivity contribution in [3.8, 4) is 11.5 Å². The summed E-state index contributed by atoms with van der Waals surface area (Å²) in [7, 11) is 1.28. The number of rotatable bonds is 10. The number of nitrogens with one attached hydrogen (secondary N) is 1. The first-order chi connectivity index (χ1) is 15.5. The van der Waals surface area contributed by atoms with Crippen LogP contribution in [0.15, 0.2) is 42.5 Å². The van der Waals surface area contributed by atoms with Gasteiger partial charge in [0.25, 0.3) is 5.91 Å². The van der Waals surface area contributed by atoms with Gasteiger partial charge in [-0.15, -0.1) is 0 Å². The van der Waals surface area contributed by atoms with Gasteiger partial charge in [-0.1, -0.05) is 17.7 Å². The summed E-state index contributed by atoms with van der Waals surface area (Å²) in [6.07, 6.45) is 1.57. The lowest BCUT2D eigenvalue weighted by molar-refractivity contribution is -0.141. The third-order valence-corrected chi connectivity index (χ3v) is 5.04. The molecule has 3 rings (SSSR count). The Morgan fingerprint density at radius 1 is 1.09 bits per heavy atom. The predicted molar refractivity (Wildman–Crippen MR) is 120 cm³/mol. The molecule has 8 heteroatoms. The average Bonchev–Trinajstić information content (AvgIpc) is 2.79. The zero-order chi connectivity index (χ0) is 22.9. The van der Waals surface area contributed by atoms with Gasteiger partial charge in [-0.25, -0.2) is 0 Å². The molecule has 1 N–H and O–H groups in total. The number of nitrogens with zero attached hydrogens (tertiary/aromatic N) is 1. The van der Waals surface area contributed by atoms with E-state index in [0.29, 0.717) is 30.3 Å². The minimum absolute atomic E-state index is 0.00561. The highest BCUT2D eigenvalue weighted by atomic mass is 16.5. The van der Waals surface area contributed by atoms with Crippen molar-refractivity contribution in [3.63, 3.8) is 0 Å². The first kappa shape index (κ1) is 23.1. The molecule has 1 aliphatic heterocycles. The number of methoxy groups -OCH3 is 1. The van der Waals surface area contributed by atoms with Crippen LogP contribution in [0.2, 0.25) is 0 Å². The Balaban J connectivity index is 1.54. The van der Waals surface area contributed by atoms with Gasteiger partial charge in [0.15, 0.2) is 6.61 Å². The smallest absolute Gasteiger partial charge is 0.306 e. The molecule has 0 unspecified atom stereocenters. The monoisotopic (exact) mass is 440 g/mol. The number of aryl methyl sites for hydroxylation is 1. The van der Waals surface area contributed by atoms with E-state index in [1.165, 1.54) is 12.7 Å². The molecule has 1 heterocycles. The van der Waals surface area contributed by atoms with Crippen LogP contribution in [-0.4, -0.2) is 44.7 Å². The van der Waals surface area contributed by atoms with Crippen LogP contribution in [0.5, 0.6) is 11.5 Å². The highest BCUT2D eigenvalue weighted by Gasteiger charge is 2.25. The Labute approximate surface area is 187 Å². The van der Waals surface area contributed by atoms with Crippen LogP contribution in [0.3, 0.4) is 0 Å². The van der Waals surface area contributed by atoms with Gasteiger partial charge >= 0.3 is 5.97 Å². The lowest BCUT2D eigenvalue weighted by Gasteiger charge is -2.30. The summed E-state index contributed by atoms with van der Waals surface area (Å²) in [4.78, 5) is 37.4. The number of carbonyl (C=O) groups is 3. The minimum atomic E-state index is -0.442. The van der Waals surface area contributed by atoms with Crippen LogP contribution in [-0.2, 0) is 19.1 Å². The van der Waals surface area contributed by atoms with Gasteiger partial charge < -0.3 is 24.4 Å². The topological polar surface area (TPSA) is 94.2 Å². The summed E-state index contributed by atoms with van der Waals surface area (Å²) >= 11 is 0. The summed E-state index contributed by atoms with van der Waals surface area (Å²) in [6.45, 7) is 3.09. The summed E-state index contributed by atoms with van der Waals surface area (Å²) in [5.74, 6) is 0.537. The number of anilines is 2. The molecule has 32 heavy (non-hydrogen) atoms. The van der Waals surface area contributed by atoms with Gasteiger partial charge in [0, 0.05) is 18.7 Å². The molecule has 2 amide bonds. The lowest BCUT2D eigenvalue weighted by atomic mass is 10.2. The fourth-order valence-electron chi connectivity index (χ4n) is 3.26. The van der Waals surface area contributed by atoms with Crippen molar-refractivity contribution in [1.29, 1.82) is 0 Å². The summed E-state index contributed by atoms with van der Waals surface area (Å²) in [5.41, 5.74) is 2.33. The molecular weight excluding hydrogens is 412 g/mol. The SMILES string of the molecule is COC(=O)CCC(=O)Nc1ccc2c(c1)N(CCCCOc1ccc(C)cc1)C(=O)CO2. The Morgan fingerprint density at radius 3 is 2.62 bits per heavy atom. The third kappa shape index (κ3) is 6.47. The van der Waals surface area contributed by atoms with Crippen molar-refractivity contribution >= 4 is 29.2 Å². The van der Waals surface area contributed by atoms with E-state index < -0.39 is 5.97 Å². The average molecular weight is 440 g/mol. The minimum Gasteiger partial charge on any atom is -0.494 e. The lowest BCUT2D eigenvalue weighted by Crippen LogP contribution is -2.39. The molecule has 0 radical (unpaired) electrons. The fourth-order valence-corrected chi connectivity index (χ4v) is 3.26. The highest BCUT2D eigenvalue weighted by Crippen LogP contribution is 2.34. The van der Waals surface area contributed by atoms with E-state index >= 15 is 0 Å². The zero-order valence-corrected chi connectivity index (χ0v) is 18.4. The van der Waals surface area contributed by atoms with Crippen LogP contribution >= 0.6 is 0 Å². The molecule has 0 aromatic heterocycles. The van der Waals surface area contributed by atoms with E-state index in [4.69, 9.17) is 9.47 Å². The maximum atomic E-state index is 12.4. The van der Waals surface area contributed by atoms with Gasteiger partial charge in [0.1, 0.15) is 11.5 Å². The number of carbonyl (C=O) groups excluding carboxylic acids is 3. The zero-order valence-electron chi connectivity index (χ0n) is 18.4. The second-order valence-electron chi connectivity index (χ2n) is 7.51. The quantitative estimate of drug-likeness (QED) is 0.449. The third-order valence-electron chi connectivity index (χ3n) is 5.04. The Bertz CT molecular complexity index is 957. The van der Waals surface area contributed by atoms with E-state index in [1.807, 2.05) is 31.2 Å². The van der Waals surface area contributed by atoms with Crippen molar-refractivity contribution < 1.29 is 28.6 Å². The summed E-state index contributed by atoms with van der Waals surface area (Å²) in [5, 5.41) is 2.75. The van der Waals surface area contributed by atoms with E-state index in [0.717, 1.165) is 18.6 Å². The number of fused-ring (bicyclic) bond motifs is 1. The molecule has 1 aliphatic rings. The molecule has 0 aliphatic carbocycles. The van der Waals surface area contributed by atoms with Gasteiger partial charge in [-0.3, -0.25) is 14.4 Å². The molecule has 0 spiro atoms. The van der Waals surface area contributed by atoms with E-state index in [-0.39, 0.29) is 31.3 Å². The van der Waals surface area contributed by atoms with Crippen molar-refractivity contribution in [2.45, 2.75) is 32.6 Å². The van der Waals surface area contributed by atoms with Gasteiger partial charge in [-0.05, 0) is 50.1 Å². The number of unbranched alkanes of at least 4 members (excludes halogenated alkanes) is 1. The van der Waals surface area contributed by atoms with E-state index in [9.17, 15) is 14.4 Å². The number of hydrogen-bond donors (Lipinski definition) is 1. The number of benzene rings is 2. The maximum Gasteiger partial charge on any atom is 0.306 e. The molecule has 170 valence electrons. The second kappa shape index (κ2) is 11.2. The first-order valence-corrected chi connectivity index (χ1v) is 10.6. The van der Waals surface area contributed by atoms with E-state index in [2.05, 4.69) is 10.1 Å². The second-order valence-corrected chi connectivity index (χ2v) is 7.51. The standard InChI is InChI=1S/C24H28N2O6/c1-17-5-8-19(9-6-17)31-14-4-3-13-26-20-15-18(7-10-21(20)32-16-23(26)28)25-22(27)11-12-24(29)30-2/h5-10,15H,3-4,11-14,16H2,1-2H3,(H,25,27). The van der Waals surface area contributed by atoms with Crippen LogP contribution in [0, 0.1) is 6.92 Å². The van der Waals surface area contributed by atoms with Gasteiger partial charge in [0.05, 0.1) is 25.8 Å². The normalized spacial score (nSPS) is 12.6. The van der Waals surface area contributed by atoms with Crippen molar-refractivity contribution in [2.24, 2.45) is 0 Å². The summed E-state index contributed by atoms with van der Waals surface area (Å²) < 4.78 is 15.8. The molecule has 0 bridgehead atoms. The van der Waals surface area contributed by atoms with Crippen LogP contribution < -0.4 is 19.7 Å². The van der Waals surface area contributed by atoms with Crippen molar-refractivity contribution in [1.82, 2.24) is 0 Å². The number of esters is 1. The Hall–Kier alpha value is -3.55. The Morgan fingerprint density at radius 2 is 1.88 bits per heavy atom. The molecule has 2 aromatic rings. The van der Waals surface area contributed by atoms with Gasteiger partial charge in [-0.2, -0.15) is 0 Å².